The van der Waals surface area contributed by atoms with Crippen molar-refractivity contribution in [3.05, 3.63) is 59.4 Å². The van der Waals surface area contributed by atoms with Crippen LogP contribution in [-0.2, 0) is 6.54 Å². The van der Waals surface area contributed by atoms with E-state index in [1.54, 1.807) is 23.0 Å². The molecule has 0 saturated heterocycles. The maximum atomic E-state index is 13.5. The summed E-state index contributed by atoms with van der Waals surface area (Å²) in [6, 6.07) is 5.58. The minimum atomic E-state index is -0.554. The third-order valence-corrected chi connectivity index (χ3v) is 2.95. The van der Waals surface area contributed by atoms with Gasteiger partial charge in [-0.25, -0.2) is 8.78 Å². The summed E-state index contributed by atoms with van der Waals surface area (Å²) < 4.78 is 28.6. The lowest BCUT2D eigenvalue weighted by Crippen LogP contribution is -2.03. The van der Waals surface area contributed by atoms with Gasteiger partial charge in [-0.1, -0.05) is 13.0 Å². The Morgan fingerprint density at radius 2 is 1.89 bits per heavy atom. The monoisotopic (exact) mass is 251 g/mol. The standard InChI is InChI=1S/C14H15F2NO/c1-2-14(18)10-6-7-17(8-10)9-11-12(15)4-3-5-13(11)16/h3-8,14,18H,2,9H2,1H3. The Labute approximate surface area is 104 Å². The molecule has 0 aliphatic carbocycles. The van der Waals surface area contributed by atoms with Gasteiger partial charge in [-0.2, -0.15) is 0 Å². The summed E-state index contributed by atoms with van der Waals surface area (Å²) in [5, 5.41) is 9.66. The summed E-state index contributed by atoms with van der Waals surface area (Å²) in [4.78, 5) is 0. The van der Waals surface area contributed by atoms with E-state index in [0.29, 0.717) is 6.42 Å². The number of halogens is 2. The van der Waals surface area contributed by atoms with E-state index in [0.717, 1.165) is 5.56 Å². The molecule has 96 valence electrons. The zero-order chi connectivity index (χ0) is 13.1. The molecule has 0 aliphatic rings. The first kappa shape index (κ1) is 12.8. The highest BCUT2D eigenvalue weighted by Crippen LogP contribution is 2.18. The number of aliphatic hydroxyl groups excluding tert-OH is 1. The second-order valence-electron chi connectivity index (χ2n) is 4.24. The van der Waals surface area contributed by atoms with Crippen molar-refractivity contribution in [1.82, 2.24) is 4.57 Å². The number of aromatic nitrogens is 1. The molecule has 4 heteroatoms. The van der Waals surface area contributed by atoms with Crippen LogP contribution < -0.4 is 0 Å². The number of nitrogens with zero attached hydrogens (tertiary/aromatic N) is 1. The molecule has 0 aliphatic heterocycles. The number of hydrogen-bond donors (Lipinski definition) is 1. The highest BCUT2D eigenvalue weighted by atomic mass is 19.1. The van der Waals surface area contributed by atoms with E-state index in [1.165, 1.54) is 18.2 Å². The molecule has 1 N–H and O–H groups in total. The first-order chi connectivity index (χ1) is 8.61. The van der Waals surface area contributed by atoms with E-state index in [-0.39, 0.29) is 12.1 Å². The van der Waals surface area contributed by atoms with Crippen LogP contribution in [0.1, 0.15) is 30.6 Å². The summed E-state index contributed by atoms with van der Waals surface area (Å²) in [5.41, 5.74) is 0.792. The Morgan fingerprint density at radius 1 is 1.22 bits per heavy atom. The van der Waals surface area contributed by atoms with E-state index in [1.807, 2.05) is 6.92 Å². The van der Waals surface area contributed by atoms with Crippen LogP contribution in [0, 0.1) is 11.6 Å². The van der Waals surface area contributed by atoms with Gasteiger partial charge in [0.15, 0.2) is 0 Å². The van der Waals surface area contributed by atoms with Crippen LogP contribution in [0.2, 0.25) is 0 Å². The fourth-order valence-corrected chi connectivity index (χ4v) is 1.86. The lowest BCUT2D eigenvalue weighted by Gasteiger charge is -2.07. The highest BCUT2D eigenvalue weighted by Gasteiger charge is 2.10. The van der Waals surface area contributed by atoms with Crippen LogP contribution in [0.15, 0.2) is 36.7 Å². The third kappa shape index (κ3) is 2.59. The van der Waals surface area contributed by atoms with Crippen LogP contribution in [0.3, 0.4) is 0 Å². The van der Waals surface area contributed by atoms with E-state index in [4.69, 9.17) is 0 Å². The van der Waals surface area contributed by atoms with Gasteiger partial charge in [-0.05, 0) is 30.2 Å². The molecule has 0 radical (unpaired) electrons. The first-order valence-electron chi connectivity index (χ1n) is 5.88. The number of rotatable bonds is 4. The summed E-state index contributed by atoms with van der Waals surface area (Å²) in [6.07, 6.45) is 3.50. The lowest BCUT2D eigenvalue weighted by molar-refractivity contribution is 0.173. The molecule has 1 aromatic carbocycles. The molecule has 2 rings (SSSR count). The summed E-state index contributed by atoms with van der Waals surface area (Å²) in [6.45, 7) is 1.99. The van der Waals surface area contributed by atoms with Gasteiger partial charge < -0.3 is 9.67 Å². The Bertz CT molecular complexity index is 516. The Kier molecular flexibility index (Phi) is 3.77. The molecular weight excluding hydrogens is 236 g/mol. The predicted octanol–water partition coefficient (Wildman–Crippen LogP) is 3.26. The van der Waals surface area contributed by atoms with Crippen molar-refractivity contribution >= 4 is 0 Å². The Hall–Kier alpha value is -1.68. The molecule has 2 aromatic rings. The molecule has 2 nitrogen and oxygen atoms in total. The van der Waals surface area contributed by atoms with Gasteiger partial charge in [0.1, 0.15) is 11.6 Å². The van der Waals surface area contributed by atoms with Crippen molar-refractivity contribution in [3.8, 4) is 0 Å². The first-order valence-corrected chi connectivity index (χ1v) is 5.88. The van der Waals surface area contributed by atoms with E-state index >= 15 is 0 Å². The van der Waals surface area contributed by atoms with E-state index < -0.39 is 17.7 Å². The third-order valence-electron chi connectivity index (χ3n) is 2.95. The predicted molar refractivity (Wildman–Crippen MR) is 65.1 cm³/mol. The van der Waals surface area contributed by atoms with Gasteiger partial charge in [0.05, 0.1) is 12.6 Å². The van der Waals surface area contributed by atoms with Crippen molar-refractivity contribution in [2.24, 2.45) is 0 Å². The van der Waals surface area contributed by atoms with Gasteiger partial charge in [-0.15, -0.1) is 0 Å². The van der Waals surface area contributed by atoms with Crippen LogP contribution in [-0.4, -0.2) is 9.67 Å². The van der Waals surface area contributed by atoms with Gasteiger partial charge in [0.25, 0.3) is 0 Å². The highest BCUT2D eigenvalue weighted by molar-refractivity contribution is 5.21. The smallest absolute Gasteiger partial charge is 0.131 e. The molecule has 0 spiro atoms. The van der Waals surface area contributed by atoms with Crippen molar-refractivity contribution in [2.45, 2.75) is 26.0 Å². The molecule has 0 fully saturated rings. The van der Waals surface area contributed by atoms with E-state index in [2.05, 4.69) is 0 Å². The molecule has 18 heavy (non-hydrogen) atoms. The van der Waals surface area contributed by atoms with Gasteiger partial charge in [-0.3, -0.25) is 0 Å². The zero-order valence-corrected chi connectivity index (χ0v) is 10.1. The second-order valence-corrected chi connectivity index (χ2v) is 4.24. The zero-order valence-electron chi connectivity index (χ0n) is 10.1. The van der Waals surface area contributed by atoms with Crippen LogP contribution in [0.5, 0.6) is 0 Å². The van der Waals surface area contributed by atoms with Crippen molar-refractivity contribution < 1.29 is 13.9 Å². The van der Waals surface area contributed by atoms with E-state index in [9.17, 15) is 13.9 Å². The summed E-state index contributed by atoms with van der Waals surface area (Å²) in [5.74, 6) is -1.11. The summed E-state index contributed by atoms with van der Waals surface area (Å²) in [7, 11) is 0. The SMILES string of the molecule is CCC(O)c1ccn(Cc2c(F)cccc2F)c1. The normalized spacial score (nSPS) is 12.7. The second kappa shape index (κ2) is 5.31. The minimum Gasteiger partial charge on any atom is -0.388 e. The average molecular weight is 251 g/mol. The van der Waals surface area contributed by atoms with Crippen molar-refractivity contribution in [2.75, 3.05) is 0 Å². The van der Waals surface area contributed by atoms with Gasteiger partial charge >= 0.3 is 0 Å². The fourth-order valence-electron chi connectivity index (χ4n) is 1.86. The number of benzene rings is 1. The maximum Gasteiger partial charge on any atom is 0.131 e. The fraction of sp³-hybridized carbons (Fsp3) is 0.286. The molecule has 0 bridgehead atoms. The number of aliphatic hydroxyl groups is 1. The average Bonchev–Trinajstić information content (AvgIpc) is 2.81. The van der Waals surface area contributed by atoms with Gasteiger partial charge in [0.2, 0.25) is 0 Å². The Balaban J connectivity index is 2.21. The van der Waals surface area contributed by atoms with Crippen LogP contribution in [0.4, 0.5) is 8.78 Å². The van der Waals surface area contributed by atoms with Gasteiger partial charge in [0, 0.05) is 18.0 Å². The topological polar surface area (TPSA) is 25.2 Å². The number of hydrogen-bond acceptors (Lipinski definition) is 1. The quantitative estimate of drug-likeness (QED) is 0.886. The summed E-state index contributed by atoms with van der Waals surface area (Å²) >= 11 is 0. The maximum absolute atomic E-state index is 13.5. The Morgan fingerprint density at radius 3 is 2.50 bits per heavy atom. The van der Waals surface area contributed by atoms with Crippen molar-refractivity contribution in [3.63, 3.8) is 0 Å². The molecule has 1 aromatic heterocycles. The van der Waals surface area contributed by atoms with Crippen molar-refractivity contribution in [1.29, 1.82) is 0 Å². The molecule has 1 unspecified atom stereocenters. The molecular formula is C14H15F2NO. The molecule has 0 saturated carbocycles. The van der Waals surface area contributed by atoms with Crippen LogP contribution >= 0.6 is 0 Å². The molecule has 1 atom stereocenters. The van der Waals surface area contributed by atoms with Crippen LogP contribution in [0.25, 0.3) is 0 Å². The largest absolute Gasteiger partial charge is 0.388 e. The molecule has 1 heterocycles. The molecule has 0 amide bonds. The lowest BCUT2D eigenvalue weighted by atomic mass is 10.1. The minimum absolute atomic E-state index is 0.0330.